The lowest BCUT2D eigenvalue weighted by molar-refractivity contribution is -0.0171. The van der Waals surface area contributed by atoms with E-state index in [1.807, 2.05) is 0 Å². The number of methoxy groups -OCH3 is 1. The second-order valence-electron chi connectivity index (χ2n) is 7.07. The van der Waals surface area contributed by atoms with Crippen molar-refractivity contribution in [1.29, 1.82) is 0 Å². The molecule has 1 aliphatic carbocycles. The maximum Gasteiger partial charge on any atom is 0.0638 e. The van der Waals surface area contributed by atoms with Crippen molar-refractivity contribution in [3.05, 3.63) is 0 Å². The molecule has 1 saturated heterocycles. The van der Waals surface area contributed by atoms with Crippen LogP contribution in [-0.2, 0) is 4.74 Å². The molecule has 4 heteroatoms. The fourth-order valence-corrected chi connectivity index (χ4v) is 3.75. The lowest BCUT2D eigenvalue weighted by Gasteiger charge is -2.43. The van der Waals surface area contributed by atoms with Crippen LogP contribution in [0.25, 0.3) is 0 Å². The van der Waals surface area contributed by atoms with Crippen LogP contribution in [0, 0.1) is 0 Å². The second-order valence-corrected chi connectivity index (χ2v) is 7.07. The van der Waals surface area contributed by atoms with Crippen LogP contribution in [0.2, 0.25) is 0 Å². The highest BCUT2D eigenvalue weighted by atomic mass is 16.5. The van der Waals surface area contributed by atoms with E-state index in [9.17, 15) is 0 Å². The van der Waals surface area contributed by atoms with Crippen molar-refractivity contribution in [2.75, 3.05) is 39.8 Å². The Labute approximate surface area is 124 Å². The largest absolute Gasteiger partial charge is 0.379 e. The molecule has 20 heavy (non-hydrogen) atoms. The Bertz CT molecular complexity index is 281. The van der Waals surface area contributed by atoms with Crippen LogP contribution in [0.15, 0.2) is 0 Å². The molecule has 1 heterocycles. The average Bonchev–Trinajstić information content (AvgIpc) is 2.99. The Morgan fingerprint density at radius 3 is 2.25 bits per heavy atom. The predicted molar refractivity (Wildman–Crippen MR) is 83.9 cm³/mol. The third-order valence-electron chi connectivity index (χ3n) is 5.26. The molecule has 0 aromatic rings. The van der Waals surface area contributed by atoms with Crippen molar-refractivity contribution in [1.82, 2.24) is 9.80 Å². The van der Waals surface area contributed by atoms with E-state index in [-0.39, 0.29) is 5.60 Å². The quantitative estimate of drug-likeness (QED) is 0.805. The predicted octanol–water partition coefficient (Wildman–Crippen LogP) is 1.69. The summed E-state index contributed by atoms with van der Waals surface area (Å²) in [5.41, 5.74) is 5.93. The van der Waals surface area contributed by atoms with Crippen LogP contribution in [-0.4, -0.2) is 67.3 Å². The second kappa shape index (κ2) is 7.21. The third-order valence-corrected chi connectivity index (χ3v) is 5.26. The van der Waals surface area contributed by atoms with Gasteiger partial charge in [0.05, 0.1) is 5.60 Å². The minimum atomic E-state index is -0.0768. The molecular weight excluding hydrogens is 250 g/mol. The van der Waals surface area contributed by atoms with Crippen molar-refractivity contribution in [2.45, 2.75) is 63.6 Å². The van der Waals surface area contributed by atoms with Crippen molar-refractivity contribution >= 4 is 0 Å². The summed E-state index contributed by atoms with van der Waals surface area (Å²) in [7, 11) is 1.80. The Morgan fingerprint density at radius 2 is 1.75 bits per heavy atom. The van der Waals surface area contributed by atoms with Gasteiger partial charge in [0.2, 0.25) is 0 Å². The average molecular weight is 283 g/mol. The van der Waals surface area contributed by atoms with E-state index in [0.29, 0.717) is 6.04 Å². The normalized spacial score (nSPS) is 25.2. The number of nitrogens with zero attached hydrogens (tertiary/aromatic N) is 2. The molecule has 2 fully saturated rings. The summed E-state index contributed by atoms with van der Waals surface area (Å²) >= 11 is 0. The lowest BCUT2D eigenvalue weighted by atomic mass is 9.97. The summed E-state index contributed by atoms with van der Waals surface area (Å²) in [6.45, 7) is 9.81. The molecule has 0 aromatic heterocycles. The summed E-state index contributed by atoms with van der Waals surface area (Å²) in [5.74, 6) is 0. The van der Waals surface area contributed by atoms with E-state index in [0.717, 1.165) is 32.1 Å². The molecule has 0 bridgehead atoms. The molecule has 118 valence electrons. The molecule has 4 nitrogen and oxygen atoms in total. The zero-order valence-corrected chi connectivity index (χ0v) is 13.6. The maximum absolute atomic E-state index is 6.01. The molecule has 2 rings (SSSR count). The summed E-state index contributed by atoms with van der Waals surface area (Å²) in [5, 5.41) is 0. The lowest BCUT2D eigenvalue weighted by Crippen LogP contribution is -2.55. The van der Waals surface area contributed by atoms with E-state index in [4.69, 9.17) is 10.5 Å². The zero-order chi connectivity index (χ0) is 14.6. The highest BCUT2D eigenvalue weighted by Gasteiger charge is 2.31. The molecule has 1 atom stereocenters. The van der Waals surface area contributed by atoms with Gasteiger partial charge in [-0.2, -0.15) is 0 Å². The Balaban J connectivity index is 1.81. The highest BCUT2D eigenvalue weighted by molar-refractivity contribution is 4.87. The highest BCUT2D eigenvalue weighted by Crippen LogP contribution is 2.25. The molecule has 1 aliphatic heterocycles. The van der Waals surface area contributed by atoms with Gasteiger partial charge < -0.3 is 10.5 Å². The van der Waals surface area contributed by atoms with Gasteiger partial charge >= 0.3 is 0 Å². The topological polar surface area (TPSA) is 41.7 Å². The van der Waals surface area contributed by atoms with Crippen LogP contribution in [0.5, 0.6) is 0 Å². The summed E-state index contributed by atoms with van der Waals surface area (Å²) < 4.78 is 5.57. The first-order valence-electron chi connectivity index (χ1n) is 8.29. The van der Waals surface area contributed by atoms with Gasteiger partial charge in [-0.05, 0) is 33.1 Å². The molecule has 0 spiro atoms. The number of nitrogens with two attached hydrogens (primary N) is 1. The fraction of sp³-hybridized carbons (Fsp3) is 1.00. The van der Waals surface area contributed by atoms with E-state index in [1.54, 1.807) is 7.11 Å². The van der Waals surface area contributed by atoms with Crippen molar-refractivity contribution in [3.63, 3.8) is 0 Å². The van der Waals surface area contributed by atoms with Crippen molar-refractivity contribution < 1.29 is 4.74 Å². The first-order chi connectivity index (χ1) is 9.55. The summed E-state index contributed by atoms with van der Waals surface area (Å²) in [6.07, 6.45) is 6.70. The minimum Gasteiger partial charge on any atom is -0.379 e. The fourth-order valence-electron chi connectivity index (χ4n) is 3.75. The monoisotopic (exact) mass is 283 g/mol. The Morgan fingerprint density at radius 1 is 1.15 bits per heavy atom. The Hall–Kier alpha value is -0.160. The number of hydrogen-bond acceptors (Lipinski definition) is 4. The number of rotatable bonds is 6. The van der Waals surface area contributed by atoms with Crippen molar-refractivity contribution in [3.8, 4) is 0 Å². The third kappa shape index (κ3) is 4.17. The van der Waals surface area contributed by atoms with E-state index in [1.165, 1.54) is 38.8 Å². The molecular formula is C16H33N3O. The molecule has 1 unspecified atom stereocenters. The maximum atomic E-state index is 6.01. The van der Waals surface area contributed by atoms with E-state index >= 15 is 0 Å². The Kier molecular flexibility index (Phi) is 5.84. The standard InChI is InChI=1S/C16H33N3O/c1-16(2,20-3)12-15(13-17)19-10-8-18(9-11-19)14-6-4-5-7-14/h14-15H,4-13,17H2,1-3H3. The van der Waals surface area contributed by atoms with Gasteiger partial charge in [0.1, 0.15) is 0 Å². The van der Waals surface area contributed by atoms with Gasteiger partial charge in [0, 0.05) is 51.9 Å². The van der Waals surface area contributed by atoms with Gasteiger partial charge in [-0.1, -0.05) is 12.8 Å². The van der Waals surface area contributed by atoms with Crippen molar-refractivity contribution in [2.24, 2.45) is 5.73 Å². The smallest absolute Gasteiger partial charge is 0.0638 e. The molecule has 0 aromatic carbocycles. The molecule has 0 amide bonds. The van der Waals surface area contributed by atoms with Gasteiger partial charge in [0.15, 0.2) is 0 Å². The molecule has 2 N–H and O–H groups in total. The van der Waals surface area contributed by atoms with E-state index < -0.39 is 0 Å². The van der Waals surface area contributed by atoms with Gasteiger partial charge in [-0.3, -0.25) is 9.80 Å². The first-order valence-corrected chi connectivity index (χ1v) is 8.29. The molecule has 1 saturated carbocycles. The van der Waals surface area contributed by atoms with E-state index in [2.05, 4.69) is 23.6 Å². The molecule has 2 aliphatic rings. The SMILES string of the molecule is COC(C)(C)CC(CN)N1CCN(C2CCCC2)CC1. The van der Waals surface area contributed by atoms with Crippen LogP contribution >= 0.6 is 0 Å². The van der Waals surface area contributed by atoms with Crippen LogP contribution in [0.4, 0.5) is 0 Å². The van der Waals surface area contributed by atoms with Crippen LogP contribution in [0.3, 0.4) is 0 Å². The van der Waals surface area contributed by atoms with Gasteiger partial charge in [-0.25, -0.2) is 0 Å². The van der Waals surface area contributed by atoms with Gasteiger partial charge in [0.25, 0.3) is 0 Å². The number of hydrogen-bond donors (Lipinski definition) is 1. The van der Waals surface area contributed by atoms with Crippen LogP contribution < -0.4 is 5.73 Å². The molecule has 0 radical (unpaired) electrons. The van der Waals surface area contributed by atoms with Gasteiger partial charge in [-0.15, -0.1) is 0 Å². The zero-order valence-electron chi connectivity index (χ0n) is 13.6. The number of ether oxygens (including phenoxy) is 1. The minimum absolute atomic E-state index is 0.0768. The summed E-state index contributed by atoms with van der Waals surface area (Å²) in [4.78, 5) is 5.28. The first kappa shape index (κ1) is 16.2. The van der Waals surface area contributed by atoms with Crippen LogP contribution in [0.1, 0.15) is 46.0 Å². The number of piperazine rings is 1. The summed E-state index contributed by atoms with van der Waals surface area (Å²) in [6, 6.07) is 1.32.